The van der Waals surface area contributed by atoms with Crippen molar-refractivity contribution in [3.8, 4) is 0 Å². The number of hydrogen-bond acceptors (Lipinski definition) is 2. The van der Waals surface area contributed by atoms with Gasteiger partial charge in [0.15, 0.2) is 0 Å². The van der Waals surface area contributed by atoms with Crippen molar-refractivity contribution in [2.24, 2.45) is 40.4 Å². The van der Waals surface area contributed by atoms with Crippen molar-refractivity contribution in [2.75, 3.05) is 4.90 Å². The molecule has 3 saturated carbocycles. The Kier molecular flexibility index (Phi) is 7.67. The van der Waals surface area contributed by atoms with E-state index >= 15 is 4.79 Å². The van der Waals surface area contributed by atoms with Gasteiger partial charge in [-0.2, -0.15) is 0 Å². The first kappa shape index (κ1) is 30.2. The van der Waals surface area contributed by atoms with Gasteiger partial charge in [0, 0.05) is 23.1 Å². The van der Waals surface area contributed by atoms with Gasteiger partial charge in [-0.1, -0.05) is 84.9 Å². The maximum absolute atomic E-state index is 15.2. The first-order valence-corrected chi connectivity index (χ1v) is 16.8. The minimum absolute atomic E-state index is 0.00707. The molecular formula is C39H52N2O2. The average molecular weight is 581 g/mol. The maximum atomic E-state index is 15.2. The highest BCUT2D eigenvalue weighted by Crippen LogP contribution is 2.65. The highest BCUT2D eigenvalue weighted by atomic mass is 16.2. The van der Waals surface area contributed by atoms with Crippen LogP contribution in [-0.4, -0.2) is 17.9 Å². The number of fused-ring (bicyclic) bond motifs is 5. The second-order valence-corrected chi connectivity index (χ2v) is 16.1. The van der Waals surface area contributed by atoms with Gasteiger partial charge in [-0.25, -0.2) is 0 Å². The van der Waals surface area contributed by atoms with Gasteiger partial charge in [-0.05, 0) is 115 Å². The second kappa shape index (κ2) is 10.9. The van der Waals surface area contributed by atoms with Gasteiger partial charge in [-0.15, -0.1) is 0 Å². The lowest BCUT2D eigenvalue weighted by molar-refractivity contribution is -0.131. The summed E-state index contributed by atoms with van der Waals surface area (Å²) in [5, 5.41) is 3.29. The molecule has 6 rings (SSSR count). The summed E-state index contributed by atoms with van der Waals surface area (Å²) >= 11 is 0. The summed E-state index contributed by atoms with van der Waals surface area (Å²) < 4.78 is 0. The summed E-state index contributed by atoms with van der Waals surface area (Å²) in [6, 6.07) is 17.5. The molecule has 2 unspecified atom stereocenters. The molecule has 2 aromatic rings. The monoisotopic (exact) mass is 580 g/mol. The number of hydrogen-bond donors (Lipinski definition) is 1. The summed E-state index contributed by atoms with van der Waals surface area (Å²) in [6.07, 6.45) is 11.4. The van der Waals surface area contributed by atoms with Crippen LogP contribution in [0.1, 0.15) is 98.1 Å². The molecule has 0 aromatic heterocycles. The predicted octanol–water partition coefficient (Wildman–Crippen LogP) is 8.76. The van der Waals surface area contributed by atoms with E-state index in [0.717, 1.165) is 56.3 Å². The van der Waals surface area contributed by atoms with Crippen molar-refractivity contribution in [1.29, 1.82) is 0 Å². The Bertz CT molecular complexity index is 1400. The van der Waals surface area contributed by atoms with Crippen LogP contribution in [-0.2, 0) is 21.4 Å². The molecule has 4 aliphatic rings. The van der Waals surface area contributed by atoms with Crippen molar-refractivity contribution in [3.05, 3.63) is 71.8 Å². The summed E-state index contributed by atoms with van der Waals surface area (Å²) in [5.74, 6) is 2.56. The molecule has 3 fully saturated rings. The highest BCUT2D eigenvalue weighted by Gasteiger charge is 2.61. The van der Waals surface area contributed by atoms with Crippen molar-refractivity contribution >= 4 is 23.2 Å². The molecule has 2 amide bonds. The third-order valence-corrected chi connectivity index (χ3v) is 12.0. The Hall–Kier alpha value is -2.88. The van der Waals surface area contributed by atoms with E-state index in [1.807, 2.05) is 6.07 Å². The lowest BCUT2D eigenvalue weighted by Crippen LogP contribution is -2.59. The van der Waals surface area contributed by atoms with Gasteiger partial charge < -0.3 is 5.32 Å². The molecular weight excluding hydrogens is 528 g/mol. The van der Waals surface area contributed by atoms with Gasteiger partial charge in [0.2, 0.25) is 11.8 Å². The largest absolute Gasteiger partial charge is 0.349 e. The van der Waals surface area contributed by atoms with Gasteiger partial charge in [0.25, 0.3) is 0 Å². The van der Waals surface area contributed by atoms with E-state index < -0.39 is 0 Å². The number of amides is 2. The summed E-state index contributed by atoms with van der Waals surface area (Å²) in [7, 11) is 0. The molecule has 1 N–H and O–H groups in total. The number of carbonyl (C=O) groups is 2. The van der Waals surface area contributed by atoms with Gasteiger partial charge in [0.1, 0.15) is 0 Å². The lowest BCUT2D eigenvalue weighted by Gasteiger charge is -2.58. The molecule has 7 atom stereocenters. The maximum Gasteiger partial charge on any atom is 0.243 e. The minimum Gasteiger partial charge on any atom is -0.349 e. The number of benzene rings is 2. The molecule has 3 aliphatic carbocycles. The zero-order valence-corrected chi connectivity index (χ0v) is 27.5. The van der Waals surface area contributed by atoms with E-state index in [1.54, 1.807) is 6.08 Å². The molecule has 230 valence electrons. The van der Waals surface area contributed by atoms with Crippen LogP contribution in [0.3, 0.4) is 0 Å². The topological polar surface area (TPSA) is 49.4 Å². The average Bonchev–Trinajstić information content (AvgIpc) is 3.30. The number of rotatable bonds is 5. The zero-order chi connectivity index (χ0) is 30.7. The molecule has 0 spiro atoms. The standard InChI is InChI=1S/C39H52N2O2/c1-25(2)23-26-13-15-31(37(3,4)5)33(24-26)41(27-11-9-8-10-12-27)36(43)32-17-16-29-28-14-18-34-39(7,22-20-35(42)40-34)30(28)19-21-38(29,32)6/h8-13,15,20,22,24-25,28-30,32,34H,14,16-19,21,23H2,1-7H3,(H,40,42)/t28-,29-,30+,32?,34?,38-,39+/m0/s1. The molecule has 4 nitrogen and oxygen atoms in total. The van der Waals surface area contributed by atoms with E-state index in [4.69, 9.17) is 0 Å². The smallest absolute Gasteiger partial charge is 0.243 e. The Morgan fingerprint density at radius 3 is 2.42 bits per heavy atom. The van der Waals surface area contributed by atoms with E-state index in [-0.39, 0.29) is 40.0 Å². The van der Waals surface area contributed by atoms with Crippen LogP contribution in [0.2, 0.25) is 0 Å². The number of carbonyl (C=O) groups excluding carboxylic acids is 2. The molecule has 0 saturated heterocycles. The van der Waals surface area contributed by atoms with Crippen LogP contribution in [0.5, 0.6) is 0 Å². The molecule has 4 heteroatoms. The Morgan fingerprint density at radius 1 is 0.977 bits per heavy atom. The van der Waals surface area contributed by atoms with E-state index in [0.29, 0.717) is 23.7 Å². The second-order valence-electron chi connectivity index (χ2n) is 16.1. The molecule has 0 bridgehead atoms. The van der Waals surface area contributed by atoms with Crippen molar-refractivity contribution in [1.82, 2.24) is 5.32 Å². The third kappa shape index (κ3) is 5.17. The molecule has 43 heavy (non-hydrogen) atoms. The SMILES string of the molecule is CC(C)Cc1ccc(C(C)(C)C)c(N(C(=O)C2CC[C@H]3[C@@H]4CCC5NC(=O)C=C[C@]5(C)[C@@H]4CC[C@]23C)c2ccccc2)c1. The number of anilines is 2. The predicted molar refractivity (Wildman–Crippen MR) is 176 cm³/mol. The molecule has 2 aromatic carbocycles. The highest BCUT2D eigenvalue weighted by molar-refractivity contribution is 6.03. The lowest BCUT2D eigenvalue weighted by atomic mass is 9.48. The first-order chi connectivity index (χ1) is 20.3. The quantitative estimate of drug-likeness (QED) is 0.384. The third-order valence-electron chi connectivity index (χ3n) is 12.0. The van der Waals surface area contributed by atoms with Crippen molar-refractivity contribution < 1.29 is 9.59 Å². The van der Waals surface area contributed by atoms with Crippen LogP contribution >= 0.6 is 0 Å². The fourth-order valence-electron chi connectivity index (χ4n) is 9.85. The van der Waals surface area contributed by atoms with Crippen LogP contribution in [0.4, 0.5) is 11.4 Å². The van der Waals surface area contributed by atoms with Crippen LogP contribution < -0.4 is 10.2 Å². The van der Waals surface area contributed by atoms with Gasteiger partial charge in [0.05, 0.1) is 5.69 Å². The molecule has 1 heterocycles. The number of nitrogens with one attached hydrogen (secondary N) is 1. The Morgan fingerprint density at radius 2 is 1.72 bits per heavy atom. The Labute approximate surface area is 259 Å². The molecule has 0 radical (unpaired) electrons. The summed E-state index contributed by atoms with van der Waals surface area (Å²) in [6.45, 7) is 16.1. The van der Waals surface area contributed by atoms with E-state index in [2.05, 4.69) is 107 Å². The minimum atomic E-state index is -0.101. The van der Waals surface area contributed by atoms with E-state index in [1.165, 1.54) is 11.1 Å². The fourth-order valence-corrected chi connectivity index (χ4v) is 9.85. The fraction of sp³-hybridized carbons (Fsp3) is 0.590. The van der Waals surface area contributed by atoms with Crippen LogP contribution in [0.25, 0.3) is 0 Å². The van der Waals surface area contributed by atoms with E-state index in [9.17, 15) is 4.79 Å². The van der Waals surface area contributed by atoms with Crippen molar-refractivity contribution in [3.63, 3.8) is 0 Å². The molecule has 1 aliphatic heterocycles. The van der Waals surface area contributed by atoms with Crippen LogP contribution in [0, 0.1) is 40.4 Å². The number of para-hydroxylation sites is 1. The normalized spacial score (nSPS) is 33.4. The van der Waals surface area contributed by atoms with Crippen molar-refractivity contribution in [2.45, 2.75) is 105 Å². The number of nitrogens with zero attached hydrogens (tertiary/aromatic N) is 1. The van der Waals surface area contributed by atoms with Crippen LogP contribution in [0.15, 0.2) is 60.7 Å². The van der Waals surface area contributed by atoms with Gasteiger partial charge >= 0.3 is 0 Å². The summed E-state index contributed by atoms with van der Waals surface area (Å²) in [4.78, 5) is 29.5. The summed E-state index contributed by atoms with van der Waals surface area (Å²) in [5.41, 5.74) is 4.42. The zero-order valence-electron chi connectivity index (χ0n) is 27.5. The first-order valence-electron chi connectivity index (χ1n) is 16.8. The van der Waals surface area contributed by atoms with Gasteiger partial charge in [-0.3, -0.25) is 14.5 Å². The Balaban J connectivity index is 1.38.